The molecule has 0 amide bonds. The predicted molar refractivity (Wildman–Crippen MR) is 66.2 cm³/mol. The molecule has 0 bridgehead atoms. The standard InChI is InChI=1S/C10H7Cl3FNO2/c1-17-9(16)7-3-2-6(14)4-8(7)15-5-10(11,12)13/h2-5H,1H3. The Labute approximate surface area is 112 Å². The topological polar surface area (TPSA) is 38.7 Å². The molecule has 0 saturated carbocycles. The lowest BCUT2D eigenvalue weighted by Gasteiger charge is -2.05. The first-order valence-electron chi connectivity index (χ1n) is 4.33. The maximum absolute atomic E-state index is 13.0. The summed E-state index contributed by atoms with van der Waals surface area (Å²) < 4.78 is 15.8. The van der Waals surface area contributed by atoms with Gasteiger partial charge in [0.15, 0.2) is 0 Å². The smallest absolute Gasteiger partial charge is 0.340 e. The Morgan fingerprint density at radius 2 is 2.12 bits per heavy atom. The molecular formula is C10H7Cl3FNO2. The molecule has 1 aromatic rings. The molecule has 7 heteroatoms. The Morgan fingerprint density at radius 3 is 2.65 bits per heavy atom. The minimum Gasteiger partial charge on any atom is -0.465 e. The Hall–Kier alpha value is -0.840. The molecule has 17 heavy (non-hydrogen) atoms. The van der Waals surface area contributed by atoms with Crippen LogP contribution in [-0.2, 0) is 4.74 Å². The third-order valence-corrected chi connectivity index (χ3v) is 2.01. The average Bonchev–Trinajstić information content (AvgIpc) is 2.24. The van der Waals surface area contributed by atoms with E-state index in [1.54, 1.807) is 0 Å². The monoisotopic (exact) mass is 297 g/mol. The summed E-state index contributed by atoms with van der Waals surface area (Å²) in [5, 5.41) is 0. The van der Waals surface area contributed by atoms with Crippen molar-refractivity contribution in [1.82, 2.24) is 0 Å². The van der Waals surface area contributed by atoms with Crippen molar-refractivity contribution >= 4 is 52.7 Å². The minimum atomic E-state index is -1.72. The molecule has 0 aliphatic rings. The largest absolute Gasteiger partial charge is 0.465 e. The Balaban J connectivity index is 3.16. The summed E-state index contributed by atoms with van der Waals surface area (Å²) in [5.74, 6) is -1.21. The zero-order chi connectivity index (χ0) is 13.1. The molecular weight excluding hydrogens is 291 g/mol. The van der Waals surface area contributed by atoms with Crippen LogP contribution in [0.4, 0.5) is 10.1 Å². The highest BCUT2D eigenvalue weighted by Gasteiger charge is 2.17. The van der Waals surface area contributed by atoms with Gasteiger partial charge < -0.3 is 4.74 Å². The van der Waals surface area contributed by atoms with Gasteiger partial charge in [-0.2, -0.15) is 0 Å². The molecule has 0 spiro atoms. The number of rotatable bonds is 2. The molecule has 0 fully saturated rings. The van der Waals surface area contributed by atoms with Crippen molar-refractivity contribution in [3.8, 4) is 0 Å². The van der Waals surface area contributed by atoms with Gasteiger partial charge in [0.1, 0.15) is 5.82 Å². The molecule has 1 rings (SSSR count). The van der Waals surface area contributed by atoms with Gasteiger partial charge in [-0.15, -0.1) is 0 Å². The van der Waals surface area contributed by atoms with Crippen molar-refractivity contribution in [1.29, 1.82) is 0 Å². The van der Waals surface area contributed by atoms with Crippen LogP contribution in [0.2, 0.25) is 0 Å². The second-order valence-corrected chi connectivity index (χ2v) is 5.32. The number of halogens is 4. The first-order valence-corrected chi connectivity index (χ1v) is 5.46. The molecule has 0 unspecified atom stereocenters. The van der Waals surface area contributed by atoms with Crippen LogP contribution in [-0.4, -0.2) is 23.1 Å². The molecule has 92 valence electrons. The number of esters is 1. The van der Waals surface area contributed by atoms with E-state index in [0.29, 0.717) is 0 Å². The number of aliphatic imine (C=N–C) groups is 1. The third kappa shape index (κ3) is 4.50. The van der Waals surface area contributed by atoms with Gasteiger partial charge in [-0.3, -0.25) is 4.99 Å². The lowest BCUT2D eigenvalue weighted by molar-refractivity contribution is 0.0601. The van der Waals surface area contributed by atoms with Crippen LogP contribution >= 0.6 is 34.8 Å². The predicted octanol–water partition coefficient (Wildman–Crippen LogP) is 3.68. The summed E-state index contributed by atoms with van der Waals surface area (Å²) in [7, 11) is 1.20. The highest BCUT2D eigenvalue weighted by atomic mass is 35.6. The van der Waals surface area contributed by atoms with Crippen LogP contribution < -0.4 is 0 Å². The maximum atomic E-state index is 13.0. The molecule has 1 aromatic carbocycles. The maximum Gasteiger partial charge on any atom is 0.340 e. The lowest BCUT2D eigenvalue weighted by Crippen LogP contribution is -2.05. The Kier molecular flexibility index (Phi) is 4.74. The van der Waals surface area contributed by atoms with Gasteiger partial charge in [-0.05, 0) is 12.1 Å². The lowest BCUT2D eigenvalue weighted by atomic mass is 10.2. The minimum absolute atomic E-state index is 0.0307. The van der Waals surface area contributed by atoms with E-state index >= 15 is 0 Å². The molecule has 0 aliphatic heterocycles. The van der Waals surface area contributed by atoms with Crippen molar-refractivity contribution in [2.45, 2.75) is 3.79 Å². The normalized spacial score (nSPS) is 11.8. The quantitative estimate of drug-likeness (QED) is 0.474. The van der Waals surface area contributed by atoms with Gasteiger partial charge in [-0.1, -0.05) is 34.8 Å². The summed E-state index contributed by atoms with van der Waals surface area (Å²) in [6, 6.07) is 3.39. The van der Waals surface area contributed by atoms with Crippen molar-refractivity contribution < 1.29 is 13.9 Å². The van der Waals surface area contributed by atoms with Crippen molar-refractivity contribution in [2.24, 2.45) is 4.99 Å². The summed E-state index contributed by atoms with van der Waals surface area (Å²) in [5.41, 5.74) is 0.113. The number of benzene rings is 1. The fourth-order valence-electron chi connectivity index (χ4n) is 1.04. The molecule has 0 atom stereocenters. The molecule has 0 aliphatic carbocycles. The number of methoxy groups -OCH3 is 1. The number of nitrogens with zero attached hydrogens (tertiary/aromatic N) is 1. The third-order valence-electron chi connectivity index (χ3n) is 1.72. The number of carbonyl (C=O) groups is 1. The number of hydrogen-bond donors (Lipinski definition) is 0. The second-order valence-electron chi connectivity index (χ2n) is 2.95. The van der Waals surface area contributed by atoms with E-state index < -0.39 is 15.6 Å². The summed E-state index contributed by atoms with van der Waals surface area (Å²) >= 11 is 16.4. The molecule has 0 saturated heterocycles. The molecule has 3 nitrogen and oxygen atoms in total. The van der Waals surface area contributed by atoms with Gasteiger partial charge >= 0.3 is 5.97 Å². The van der Waals surface area contributed by atoms with Crippen molar-refractivity contribution in [2.75, 3.05) is 7.11 Å². The van der Waals surface area contributed by atoms with Gasteiger partial charge in [0.25, 0.3) is 0 Å². The van der Waals surface area contributed by atoms with Crippen molar-refractivity contribution in [3.05, 3.63) is 29.6 Å². The molecule has 0 radical (unpaired) electrons. The summed E-state index contributed by atoms with van der Waals surface area (Å²) in [6.45, 7) is 0. The van der Waals surface area contributed by atoms with E-state index in [9.17, 15) is 9.18 Å². The first-order chi connectivity index (χ1) is 7.83. The Bertz CT molecular complexity index is 457. The summed E-state index contributed by atoms with van der Waals surface area (Å²) in [6.07, 6.45) is 0.971. The average molecular weight is 299 g/mol. The van der Waals surface area contributed by atoms with E-state index in [1.165, 1.54) is 13.2 Å². The van der Waals surface area contributed by atoms with Crippen LogP contribution in [0.25, 0.3) is 0 Å². The van der Waals surface area contributed by atoms with Crippen LogP contribution in [0, 0.1) is 5.82 Å². The first kappa shape index (κ1) is 14.2. The highest BCUT2D eigenvalue weighted by molar-refractivity contribution is 6.74. The van der Waals surface area contributed by atoms with E-state index in [2.05, 4.69) is 9.73 Å². The van der Waals surface area contributed by atoms with E-state index in [0.717, 1.165) is 18.3 Å². The zero-order valence-electron chi connectivity index (χ0n) is 8.58. The van der Waals surface area contributed by atoms with Gasteiger partial charge in [0.05, 0.1) is 24.6 Å². The van der Waals surface area contributed by atoms with Gasteiger partial charge in [-0.25, -0.2) is 9.18 Å². The molecule has 0 aromatic heterocycles. The van der Waals surface area contributed by atoms with Crippen LogP contribution in [0.3, 0.4) is 0 Å². The Morgan fingerprint density at radius 1 is 1.47 bits per heavy atom. The number of alkyl halides is 3. The van der Waals surface area contributed by atoms with Gasteiger partial charge in [0.2, 0.25) is 3.79 Å². The fourth-order valence-corrected chi connectivity index (χ4v) is 1.18. The number of ether oxygens (including phenoxy) is 1. The van der Waals surface area contributed by atoms with Crippen LogP contribution in [0.5, 0.6) is 0 Å². The molecule has 0 heterocycles. The SMILES string of the molecule is COC(=O)c1ccc(F)cc1N=CC(Cl)(Cl)Cl. The van der Waals surface area contributed by atoms with Gasteiger partial charge in [0, 0.05) is 6.07 Å². The second kappa shape index (κ2) is 5.67. The van der Waals surface area contributed by atoms with E-state index in [4.69, 9.17) is 34.8 Å². The highest BCUT2D eigenvalue weighted by Crippen LogP contribution is 2.27. The fraction of sp³-hybridized carbons (Fsp3) is 0.200. The number of carbonyl (C=O) groups excluding carboxylic acids is 1. The van der Waals surface area contributed by atoms with E-state index in [1.807, 2.05) is 0 Å². The molecule has 0 N–H and O–H groups in total. The van der Waals surface area contributed by atoms with Crippen LogP contribution in [0.1, 0.15) is 10.4 Å². The summed E-state index contributed by atoms with van der Waals surface area (Å²) in [4.78, 5) is 15.1. The van der Waals surface area contributed by atoms with Crippen LogP contribution in [0.15, 0.2) is 23.2 Å². The van der Waals surface area contributed by atoms with E-state index in [-0.39, 0.29) is 11.3 Å². The van der Waals surface area contributed by atoms with Crippen molar-refractivity contribution in [3.63, 3.8) is 0 Å². The number of hydrogen-bond acceptors (Lipinski definition) is 3. The zero-order valence-corrected chi connectivity index (χ0v) is 10.9.